The molecule has 3 rings (SSSR count). The summed E-state index contributed by atoms with van der Waals surface area (Å²) in [7, 11) is 3.73. The van der Waals surface area contributed by atoms with Crippen molar-refractivity contribution >= 4 is 18.3 Å². The monoisotopic (exact) mass is 343 g/mol. The second-order valence-corrected chi connectivity index (χ2v) is 6.43. The zero-order valence-corrected chi connectivity index (χ0v) is 14.2. The van der Waals surface area contributed by atoms with Gasteiger partial charge in [-0.25, -0.2) is 9.37 Å². The standard InChI is InChI=1S/C16H22FN3O2.ClH/c1-20-8-10-4-3-5-11(9-20)16(10,22-2)12-6-7-19-14(13(12)17)15(18)21;/h6-7,10-11H,3-5,8-9H2,1-2H3,(H2,18,21);1H/t10-,11+,16+;. The highest BCUT2D eigenvalue weighted by Crippen LogP contribution is 2.51. The molecule has 7 heteroatoms. The third kappa shape index (κ3) is 2.73. The summed E-state index contributed by atoms with van der Waals surface area (Å²) in [6.07, 6.45) is 4.56. The molecule has 2 fully saturated rings. The van der Waals surface area contributed by atoms with E-state index in [9.17, 15) is 9.18 Å². The van der Waals surface area contributed by atoms with E-state index in [4.69, 9.17) is 10.5 Å². The number of aromatic nitrogens is 1. The van der Waals surface area contributed by atoms with Gasteiger partial charge in [0.1, 0.15) is 5.60 Å². The Balaban J connectivity index is 0.00000192. The summed E-state index contributed by atoms with van der Waals surface area (Å²) < 4.78 is 20.8. The fraction of sp³-hybridized carbons (Fsp3) is 0.625. The van der Waals surface area contributed by atoms with Crippen molar-refractivity contribution in [1.29, 1.82) is 0 Å². The van der Waals surface area contributed by atoms with E-state index in [0.717, 1.165) is 32.4 Å². The van der Waals surface area contributed by atoms with Gasteiger partial charge in [0.05, 0.1) is 0 Å². The minimum absolute atomic E-state index is 0. The molecule has 3 atom stereocenters. The van der Waals surface area contributed by atoms with Gasteiger partial charge in [0.2, 0.25) is 0 Å². The van der Waals surface area contributed by atoms with Gasteiger partial charge >= 0.3 is 0 Å². The van der Waals surface area contributed by atoms with Crippen molar-refractivity contribution in [1.82, 2.24) is 9.88 Å². The molecular weight excluding hydrogens is 321 g/mol. The number of nitrogens with zero attached hydrogens (tertiary/aromatic N) is 2. The number of carbonyl (C=O) groups excluding carboxylic acids is 1. The van der Waals surface area contributed by atoms with Gasteiger partial charge in [-0.1, -0.05) is 6.42 Å². The number of piperidine rings is 1. The predicted molar refractivity (Wildman–Crippen MR) is 87.0 cm³/mol. The molecule has 2 N–H and O–H groups in total. The van der Waals surface area contributed by atoms with Crippen molar-refractivity contribution in [2.24, 2.45) is 17.6 Å². The van der Waals surface area contributed by atoms with Gasteiger partial charge in [-0.05, 0) is 26.0 Å². The third-order valence-electron chi connectivity index (χ3n) is 5.26. The second-order valence-electron chi connectivity index (χ2n) is 6.43. The van der Waals surface area contributed by atoms with Crippen LogP contribution in [0.4, 0.5) is 4.39 Å². The number of carbonyl (C=O) groups is 1. The van der Waals surface area contributed by atoms with Crippen LogP contribution in [0, 0.1) is 17.7 Å². The molecule has 1 aromatic heterocycles. The average molecular weight is 344 g/mol. The first-order valence-electron chi connectivity index (χ1n) is 7.69. The molecule has 2 heterocycles. The number of likely N-dealkylation sites (tertiary alicyclic amines) is 1. The van der Waals surface area contributed by atoms with Crippen molar-refractivity contribution in [3.8, 4) is 0 Å². The van der Waals surface area contributed by atoms with Gasteiger partial charge < -0.3 is 15.4 Å². The van der Waals surface area contributed by atoms with Crippen LogP contribution in [0.5, 0.6) is 0 Å². The molecule has 0 spiro atoms. The zero-order valence-electron chi connectivity index (χ0n) is 13.4. The van der Waals surface area contributed by atoms with Crippen molar-refractivity contribution < 1.29 is 13.9 Å². The first kappa shape index (κ1) is 18.1. The van der Waals surface area contributed by atoms with Gasteiger partial charge in [-0.15, -0.1) is 12.4 Å². The van der Waals surface area contributed by atoms with Crippen molar-refractivity contribution in [3.63, 3.8) is 0 Å². The number of halogens is 2. The van der Waals surface area contributed by atoms with Crippen LogP contribution in [-0.4, -0.2) is 43.0 Å². The number of ether oxygens (including phenoxy) is 1. The number of fused-ring (bicyclic) bond motifs is 2. The molecule has 0 radical (unpaired) electrons. The Bertz CT molecular complexity index is 585. The number of methoxy groups -OCH3 is 1. The first-order chi connectivity index (χ1) is 10.5. The zero-order chi connectivity index (χ0) is 15.9. The Morgan fingerprint density at radius 2 is 2.04 bits per heavy atom. The summed E-state index contributed by atoms with van der Waals surface area (Å²) >= 11 is 0. The van der Waals surface area contributed by atoms with Crippen LogP contribution in [0.3, 0.4) is 0 Å². The lowest BCUT2D eigenvalue weighted by atomic mass is 9.62. The SMILES string of the molecule is CO[C@@]1(c2ccnc(C(N)=O)c2F)[C@@H]2CCC[C@H]1CN(C)C2.Cl. The van der Waals surface area contributed by atoms with Crippen LogP contribution in [0.25, 0.3) is 0 Å². The first-order valence-corrected chi connectivity index (χ1v) is 7.69. The molecule has 1 saturated carbocycles. The molecule has 128 valence electrons. The lowest BCUT2D eigenvalue weighted by Crippen LogP contribution is -2.58. The van der Waals surface area contributed by atoms with E-state index in [0.29, 0.717) is 5.56 Å². The molecule has 1 aliphatic carbocycles. The third-order valence-corrected chi connectivity index (χ3v) is 5.26. The molecule has 23 heavy (non-hydrogen) atoms. The Kier molecular flexibility index (Phi) is 5.28. The molecular formula is C16H23ClFN3O2. The minimum Gasteiger partial charge on any atom is -0.373 e. The Hall–Kier alpha value is -1.24. The highest BCUT2D eigenvalue weighted by atomic mass is 35.5. The van der Waals surface area contributed by atoms with Gasteiger partial charge in [-0.3, -0.25) is 4.79 Å². The van der Waals surface area contributed by atoms with E-state index in [1.807, 2.05) is 0 Å². The fourth-order valence-corrected chi connectivity index (χ4v) is 4.45. The largest absolute Gasteiger partial charge is 0.373 e. The number of rotatable bonds is 3. The van der Waals surface area contributed by atoms with Crippen LogP contribution in [0.15, 0.2) is 12.3 Å². The van der Waals surface area contributed by atoms with E-state index >= 15 is 0 Å². The van der Waals surface area contributed by atoms with Crippen LogP contribution in [0.2, 0.25) is 0 Å². The van der Waals surface area contributed by atoms with Crippen LogP contribution in [0.1, 0.15) is 35.3 Å². The molecule has 1 saturated heterocycles. The molecule has 1 aliphatic heterocycles. The number of amides is 1. The number of hydrogen-bond donors (Lipinski definition) is 1. The maximum atomic E-state index is 14.9. The van der Waals surface area contributed by atoms with E-state index in [-0.39, 0.29) is 29.9 Å². The number of pyridine rings is 1. The number of nitrogens with two attached hydrogens (primary N) is 1. The van der Waals surface area contributed by atoms with Crippen LogP contribution >= 0.6 is 12.4 Å². The number of primary amides is 1. The second kappa shape index (κ2) is 6.71. The Morgan fingerprint density at radius 1 is 1.43 bits per heavy atom. The number of hydrogen-bond acceptors (Lipinski definition) is 4. The van der Waals surface area contributed by atoms with E-state index in [2.05, 4.69) is 16.9 Å². The smallest absolute Gasteiger partial charge is 0.270 e. The van der Waals surface area contributed by atoms with Gasteiger partial charge in [0, 0.05) is 43.8 Å². The topological polar surface area (TPSA) is 68.5 Å². The van der Waals surface area contributed by atoms with Crippen LogP contribution in [-0.2, 0) is 10.3 Å². The average Bonchev–Trinajstić information content (AvgIpc) is 2.46. The molecule has 2 aliphatic rings. The predicted octanol–water partition coefficient (Wildman–Crippen LogP) is 1.94. The summed E-state index contributed by atoms with van der Waals surface area (Å²) in [6, 6.07) is 1.64. The summed E-state index contributed by atoms with van der Waals surface area (Å²) in [5.74, 6) is -1.07. The van der Waals surface area contributed by atoms with Crippen molar-refractivity contribution in [2.75, 3.05) is 27.2 Å². The van der Waals surface area contributed by atoms with Gasteiger partial charge in [0.25, 0.3) is 5.91 Å². The minimum atomic E-state index is -0.844. The molecule has 1 amide bonds. The molecule has 2 bridgehead atoms. The Morgan fingerprint density at radius 3 is 2.57 bits per heavy atom. The highest BCUT2D eigenvalue weighted by Gasteiger charge is 2.54. The van der Waals surface area contributed by atoms with Crippen LogP contribution < -0.4 is 5.73 Å². The maximum absolute atomic E-state index is 14.9. The van der Waals surface area contributed by atoms with E-state index < -0.39 is 17.3 Å². The van der Waals surface area contributed by atoms with Gasteiger partial charge in [-0.2, -0.15) is 0 Å². The Labute approximate surface area is 141 Å². The summed E-state index contributed by atoms with van der Waals surface area (Å²) in [6.45, 7) is 1.72. The summed E-state index contributed by atoms with van der Waals surface area (Å²) in [5, 5.41) is 0. The summed E-state index contributed by atoms with van der Waals surface area (Å²) in [4.78, 5) is 17.5. The molecule has 0 aromatic carbocycles. The van der Waals surface area contributed by atoms with E-state index in [1.54, 1.807) is 13.2 Å². The quantitative estimate of drug-likeness (QED) is 0.910. The van der Waals surface area contributed by atoms with Crippen molar-refractivity contribution in [2.45, 2.75) is 24.9 Å². The van der Waals surface area contributed by atoms with E-state index in [1.165, 1.54) is 6.20 Å². The van der Waals surface area contributed by atoms with Crippen molar-refractivity contribution in [3.05, 3.63) is 29.3 Å². The molecule has 1 aromatic rings. The molecule has 0 unspecified atom stereocenters. The highest BCUT2D eigenvalue weighted by molar-refractivity contribution is 5.91. The normalized spacial score (nSPS) is 30.6. The lowest BCUT2D eigenvalue weighted by molar-refractivity contribution is -0.167. The fourth-order valence-electron chi connectivity index (χ4n) is 4.45. The molecule has 5 nitrogen and oxygen atoms in total. The maximum Gasteiger partial charge on any atom is 0.270 e. The van der Waals surface area contributed by atoms with Gasteiger partial charge in [0.15, 0.2) is 11.5 Å². The summed E-state index contributed by atoms with van der Waals surface area (Å²) in [5.41, 5.74) is 4.68. The lowest BCUT2D eigenvalue weighted by Gasteiger charge is -2.54.